The summed E-state index contributed by atoms with van der Waals surface area (Å²) in [6, 6.07) is 14.5. The van der Waals surface area contributed by atoms with E-state index >= 15 is 0 Å². The van der Waals surface area contributed by atoms with Crippen LogP contribution in [-0.2, 0) is 9.59 Å². The van der Waals surface area contributed by atoms with E-state index in [1.807, 2.05) is 24.3 Å². The minimum Gasteiger partial charge on any atom is -0.326 e. The minimum atomic E-state index is -0.418. The zero-order chi connectivity index (χ0) is 17.4. The number of rotatable bonds is 3. The van der Waals surface area contributed by atoms with Crippen LogP contribution in [0.4, 0.5) is 11.5 Å². The van der Waals surface area contributed by atoms with E-state index in [2.05, 4.69) is 15.5 Å². The first-order valence-electron chi connectivity index (χ1n) is 7.92. The molecule has 2 N–H and O–H groups in total. The second kappa shape index (κ2) is 6.22. The number of aromatic nitrogens is 2. The van der Waals surface area contributed by atoms with Gasteiger partial charge in [-0.2, -0.15) is 5.10 Å². The molecule has 0 aliphatic carbocycles. The van der Waals surface area contributed by atoms with E-state index in [4.69, 9.17) is 11.6 Å². The average molecular weight is 355 g/mol. The maximum Gasteiger partial charge on any atom is 0.229 e. The average Bonchev–Trinajstić information content (AvgIpc) is 3.20. The second-order valence-electron chi connectivity index (χ2n) is 5.99. The predicted octanol–water partition coefficient (Wildman–Crippen LogP) is 3.21. The predicted molar refractivity (Wildman–Crippen MR) is 96.6 cm³/mol. The summed E-state index contributed by atoms with van der Waals surface area (Å²) in [7, 11) is 0. The zero-order valence-corrected chi connectivity index (χ0v) is 14.0. The summed E-state index contributed by atoms with van der Waals surface area (Å²) in [6.07, 6.45) is 0.167. The number of carbonyl (C=O) groups excluding carboxylic acids is 2. The monoisotopic (exact) mass is 354 g/mol. The quantitative estimate of drug-likeness (QED) is 0.758. The van der Waals surface area contributed by atoms with Crippen molar-refractivity contribution in [1.29, 1.82) is 0 Å². The smallest absolute Gasteiger partial charge is 0.229 e. The van der Waals surface area contributed by atoms with Gasteiger partial charge in [-0.3, -0.25) is 19.6 Å². The SMILES string of the molecule is O=C(Nc1ccc(Cl)cc1)[C@@H]1CC(=O)N(c2n[nH]c3ccccc23)C1. The lowest BCUT2D eigenvalue weighted by atomic mass is 10.1. The molecule has 1 aromatic heterocycles. The van der Waals surface area contributed by atoms with Crippen LogP contribution in [-0.4, -0.2) is 28.6 Å². The molecule has 1 fully saturated rings. The van der Waals surface area contributed by atoms with Crippen molar-refractivity contribution in [3.05, 3.63) is 53.6 Å². The number of anilines is 2. The lowest BCUT2D eigenvalue weighted by Crippen LogP contribution is -2.28. The number of nitrogens with zero attached hydrogens (tertiary/aromatic N) is 2. The number of hydrogen-bond acceptors (Lipinski definition) is 3. The molecule has 0 unspecified atom stereocenters. The van der Waals surface area contributed by atoms with E-state index in [1.165, 1.54) is 0 Å². The Morgan fingerprint density at radius 1 is 1.20 bits per heavy atom. The van der Waals surface area contributed by atoms with Gasteiger partial charge in [-0.1, -0.05) is 23.7 Å². The fraction of sp³-hybridized carbons (Fsp3) is 0.167. The van der Waals surface area contributed by atoms with Crippen LogP contribution in [0, 0.1) is 5.92 Å². The van der Waals surface area contributed by atoms with Crippen molar-refractivity contribution in [3.8, 4) is 0 Å². The number of amides is 2. The number of para-hydroxylation sites is 1. The van der Waals surface area contributed by atoms with Gasteiger partial charge in [-0.15, -0.1) is 0 Å². The third-order valence-electron chi connectivity index (χ3n) is 4.31. The van der Waals surface area contributed by atoms with E-state index in [0.29, 0.717) is 23.1 Å². The molecule has 1 aliphatic heterocycles. The maximum absolute atomic E-state index is 12.5. The van der Waals surface area contributed by atoms with Crippen molar-refractivity contribution in [1.82, 2.24) is 10.2 Å². The second-order valence-corrected chi connectivity index (χ2v) is 6.43. The Kier molecular flexibility index (Phi) is 3.89. The largest absolute Gasteiger partial charge is 0.326 e. The zero-order valence-electron chi connectivity index (χ0n) is 13.2. The summed E-state index contributed by atoms with van der Waals surface area (Å²) < 4.78 is 0. The first kappa shape index (κ1) is 15.7. The Hall–Kier alpha value is -2.86. The van der Waals surface area contributed by atoms with Crippen LogP contribution in [0.15, 0.2) is 48.5 Å². The number of H-pyrrole nitrogens is 1. The first-order chi connectivity index (χ1) is 12.1. The summed E-state index contributed by atoms with van der Waals surface area (Å²) in [5, 5.41) is 11.5. The van der Waals surface area contributed by atoms with Crippen LogP contribution < -0.4 is 10.2 Å². The van der Waals surface area contributed by atoms with Gasteiger partial charge in [-0.05, 0) is 36.4 Å². The molecular weight excluding hydrogens is 340 g/mol. The van der Waals surface area contributed by atoms with E-state index in [-0.39, 0.29) is 18.2 Å². The Labute approximate surface area is 148 Å². The topological polar surface area (TPSA) is 78.1 Å². The molecule has 0 radical (unpaired) electrons. The van der Waals surface area contributed by atoms with Crippen molar-refractivity contribution >= 4 is 45.8 Å². The maximum atomic E-state index is 12.5. The molecule has 3 aromatic rings. The lowest BCUT2D eigenvalue weighted by Gasteiger charge is -2.14. The fourth-order valence-corrected chi connectivity index (χ4v) is 3.15. The molecule has 1 saturated heterocycles. The molecule has 126 valence electrons. The van der Waals surface area contributed by atoms with Crippen molar-refractivity contribution < 1.29 is 9.59 Å². The fourth-order valence-electron chi connectivity index (χ4n) is 3.02. The van der Waals surface area contributed by atoms with Crippen molar-refractivity contribution in [2.45, 2.75) is 6.42 Å². The standard InChI is InChI=1S/C18H15ClN4O2/c19-12-5-7-13(8-6-12)20-18(25)11-9-16(24)23(10-11)17-14-3-1-2-4-15(14)21-22-17/h1-8,11H,9-10H2,(H,20,25)(H,21,22)/t11-/m1/s1. The lowest BCUT2D eigenvalue weighted by molar-refractivity contribution is -0.122. The van der Waals surface area contributed by atoms with Gasteiger partial charge >= 0.3 is 0 Å². The molecule has 4 rings (SSSR count). The summed E-state index contributed by atoms with van der Waals surface area (Å²) >= 11 is 5.84. The number of nitrogens with one attached hydrogen (secondary N) is 2. The molecule has 2 aromatic carbocycles. The number of benzene rings is 2. The minimum absolute atomic E-state index is 0.103. The third-order valence-corrected chi connectivity index (χ3v) is 4.57. The molecule has 6 nitrogen and oxygen atoms in total. The summed E-state index contributed by atoms with van der Waals surface area (Å²) in [4.78, 5) is 26.5. The Morgan fingerprint density at radius 3 is 2.76 bits per heavy atom. The molecule has 0 spiro atoms. The van der Waals surface area contributed by atoms with Gasteiger partial charge in [0.2, 0.25) is 11.8 Å². The van der Waals surface area contributed by atoms with Gasteiger partial charge in [-0.25, -0.2) is 0 Å². The number of hydrogen-bond donors (Lipinski definition) is 2. The van der Waals surface area contributed by atoms with Crippen molar-refractivity contribution in [2.75, 3.05) is 16.8 Å². The normalized spacial score (nSPS) is 17.2. The van der Waals surface area contributed by atoms with Gasteiger partial charge in [0.15, 0.2) is 5.82 Å². The molecule has 2 amide bonds. The number of carbonyl (C=O) groups is 2. The highest BCUT2D eigenvalue weighted by Crippen LogP contribution is 2.30. The highest BCUT2D eigenvalue weighted by Gasteiger charge is 2.36. The molecule has 1 atom stereocenters. The molecule has 0 bridgehead atoms. The van der Waals surface area contributed by atoms with Gasteiger partial charge in [0.05, 0.1) is 11.4 Å². The third kappa shape index (κ3) is 2.96. The summed E-state index contributed by atoms with van der Waals surface area (Å²) in [5.41, 5.74) is 1.52. The molecular formula is C18H15ClN4O2. The van der Waals surface area contributed by atoms with Gasteiger partial charge < -0.3 is 5.32 Å². The van der Waals surface area contributed by atoms with Crippen molar-refractivity contribution in [3.63, 3.8) is 0 Å². The summed E-state index contributed by atoms with van der Waals surface area (Å²) in [6.45, 7) is 0.313. The Balaban J connectivity index is 1.52. The Morgan fingerprint density at radius 2 is 1.96 bits per heavy atom. The molecule has 1 aliphatic rings. The molecule has 25 heavy (non-hydrogen) atoms. The van der Waals surface area contributed by atoms with Crippen LogP contribution in [0.1, 0.15) is 6.42 Å². The number of halogens is 1. The molecule has 0 saturated carbocycles. The van der Waals surface area contributed by atoms with Crippen LogP contribution in [0.2, 0.25) is 5.02 Å². The highest BCUT2D eigenvalue weighted by molar-refractivity contribution is 6.30. The molecule has 7 heteroatoms. The van der Waals surface area contributed by atoms with Gasteiger partial charge in [0.1, 0.15) is 0 Å². The van der Waals surface area contributed by atoms with Gasteiger partial charge in [0, 0.05) is 29.1 Å². The number of aromatic amines is 1. The van der Waals surface area contributed by atoms with E-state index in [9.17, 15) is 9.59 Å². The van der Waals surface area contributed by atoms with E-state index < -0.39 is 5.92 Å². The van der Waals surface area contributed by atoms with Crippen molar-refractivity contribution in [2.24, 2.45) is 5.92 Å². The van der Waals surface area contributed by atoms with E-state index in [0.717, 1.165) is 10.9 Å². The van der Waals surface area contributed by atoms with Crippen LogP contribution >= 0.6 is 11.6 Å². The molecule has 2 heterocycles. The van der Waals surface area contributed by atoms with Crippen LogP contribution in [0.5, 0.6) is 0 Å². The van der Waals surface area contributed by atoms with E-state index in [1.54, 1.807) is 29.2 Å². The number of fused-ring (bicyclic) bond motifs is 1. The highest BCUT2D eigenvalue weighted by atomic mass is 35.5. The first-order valence-corrected chi connectivity index (χ1v) is 8.29. The van der Waals surface area contributed by atoms with Gasteiger partial charge in [0.25, 0.3) is 0 Å². The summed E-state index contributed by atoms with van der Waals surface area (Å²) in [5.74, 6) is -0.132. The van der Waals surface area contributed by atoms with Crippen LogP contribution in [0.3, 0.4) is 0 Å². The van der Waals surface area contributed by atoms with Crippen LogP contribution in [0.25, 0.3) is 10.9 Å². The Bertz CT molecular complexity index is 951.